The Morgan fingerprint density at radius 3 is 2.35 bits per heavy atom. The maximum Gasteiger partial charge on any atom is 0.301 e. The summed E-state index contributed by atoms with van der Waals surface area (Å²) in [5.74, 6) is -0.134. The standard InChI is InChI=1S/C37H30ClN3O5S2/c1-3-20-45-29-16-10-25(11-17-29)32-31(33(42)26-12-18-30(19-13-26)46-21-27-7-5-4-6-23(27)2)34(43)35(44)41(32)36-39-40-37(48-36)47-22-24-8-14-28(38)15-9-24/h3-19,32,42H,1,20-22H2,2H3. The van der Waals surface area contributed by atoms with Crippen molar-refractivity contribution in [2.75, 3.05) is 11.5 Å². The molecule has 242 valence electrons. The molecule has 1 aliphatic rings. The van der Waals surface area contributed by atoms with Gasteiger partial charge in [-0.05, 0) is 77.7 Å². The molecule has 4 aromatic carbocycles. The number of carbonyl (C=O) groups is 2. The molecule has 1 aliphatic heterocycles. The van der Waals surface area contributed by atoms with E-state index in [9.17, 15) is 14.7 Å². The van der Waals surface area contributed by atoms with Gasteiger partial charge in [0.05, 0.1) is 11.6 Å². The molecule has 1 atom stereocenters. The Kier molecular flexibility index (Phi) is 10.2. The minimum Gasteiger partial charge on any atom is -0.507 e. The molecule has 48 heavy (non-hydrogen) atoms. The fraction of sp³-hybridized carbons (Fsp3) is 0.135. The Labute approximate surface area is 291 Å². The van der Waals surface area contributed by atoms with Gasteiger partial charge in [0.25, 0.3) is 5.78 Å². The van der Waals surface area contributed by atoms with Gasteiger partial charge in [0.15, 0.2) is 4.34 Å². The van der Waals surface area contributed by atoms with Crippen molar-refractivity contribution in [1.82, 2.24) is 10.2 Å². The molecule has 1 aromatic heterocycles. The number of amides is 1. The number of rotatable bonds is 12. The smallest absolute Gasteiger partial charge is 0.301 e. The molecule has 0 spiro atoms. The second-order valence-corrected chi connectivity index (χ2v) is 13.5. The van der Waals surface area contributed by atoms with E-state index in [-0.39, 0.29) is 16.5 Å². The normalized spacial score (nSPS) is 15.5. The van der Waals surface area contributed by atoms with Crippen LogP contribution in [-0.4, -0.2) is 33.6 Å². The summed E-state index contributed by atoms with van der Waals surface area (Å²) in [7, 11) is 0. The van der Waals surface area contributed by atoms with Crippen LogP contribution in [0.15, 0.2) is 120 Å². The van der Waals surface area contributed by atoms with E-state index in [2.05, 4.69) is 16.8 Å². The summed E-state index contributed by atoms with van der Waals surface area (Å²) in [6, 6.07) is 28.3. The molecule has 5 aromatic rings. The Morgan fingerprint density at radius 2 is 1.65 bits per heavy atom. The number of halogens is 1. The third-order valence-electron chi connectivity index (χ3n) is 7.67. The highest BCUT2D eigenvalue weighted by atomic mass is 35.5. The number of anilines is 1. The molecule has 1 amide bonds. The highest BCUT2D eigenvalue weighted by molar-refractivity contribution is 8.00. The molecule has 11 heteroatoms. The molecular weight excluding hydrogens is 666 g/mol. The SMILES string of the molecule is C=CCOc1ccc(C2C(=C(O)c3ccc(OCc4ccccc4C)cc3)C(=O)C(=O)N2c2nnc(SCc3ccc(Cl)cc3)s2)cc1. The minimum absolute atomic E-state index is 0.0566. The molecule has 6 rings (SSSR count). The minimum atomic E-state index is -0.961. The zero-order chi connectivity index (χ0) is 33.6. The van der Waals surface area contributed by atoms with Gasteiger partial charge in [-0.2, -0.15) is 0 Å². The molecule has 1 saturated heterocycles. The van der Waals surface area contributed by atoms with Gasteiger partial charge in [0.2, 0.25) is 5.13 Å². The molecule has 1 fully saturated rings. The average Bonchev–Trinajstić information content (AvgIpc) is 3.68. The summed E-state index contributed by atoms with van der Waals surface area (Å²) >= 11 is 8.67. The van der Waals surface area contributed by atoms with Crippen molar-refractivity contribution in [1.29, 1.82) is 0 Å². The van der Waals surface area contributed by atoms with Crippen LogP contribution in [0.5, 0.6) is 11.5 Å². The van der Waals surface area contributed by atoms with Crippen LogP contribution >= 0.6 is 34.7 Å². The maximum absolute atomic E-state index is 13.7. The van der Waals surface area contributed by atoms with Crippen molar-refractivity contribution >= 4 is 57.3 Å². The van der Waals surface area contributed by atoms with E-state index in [1.807, 2.05) is 55.5 Å². The van der Waals surface area contributed by atoms with Crippen LogP contribution in [0.2, 0.25) is 5.02 Å². The van der Waals surface area contributed by atoms with Gasteiger partial charge in [0.1, 0.15) is 30.5 Å². The number of ether oxygens (including phenoxy) is 2. The van der Waals surface area contributed by atoms with E-state index in [1.54, 1.807) is 54.6 Å². The first-order valence-electron chi connectivity index (χ1n) is 15.0. The summed E-state index contributed by atoms with van der Waals surface area (Å²) in [5.41, 5.74) is 4.13. The van der Waals surface area contributed by atoms with Crippen LogP contribution in [-0.2, 0) is 21.9 Å². The van der Waals surface area contributed by atoms with E-state index >= 15 is 0 Å². The number of nitrogens with zero attached hydrogens (tertiary/aromatic N) is 3. The lowest BCUT2D eigenvalue weighted by molar-refractivity contribution is -0.132. The lowest BCUT2D eigenvalue weighted by atomic mass is 9.95. The summed E-state index contributed by atoms with van der Waals surface area (Å²) in [5, 5.41) is 21.1. The highest BCUT2D eigenvalue weighted by Gasteiger charge is 2.48. The zero-order valence-corrected chi connectivity index (χ0v) is 28.2. The molecule has 1 unspecified atom stereocenters. The van der Waals surface area contributed by atoms with Crippen LogP contribution in [0.4, 0.5) is 5.13 Å². The third kappa shape index (κ3) is 7.31. The summed E-state index contributed by atoms with van der Waals surface area (Å²) in [4.78, 5) is 28.6. The molecule has 1 N–H and O–H groups in total. The van der Waals surface area contributed by atoms with Gasteiger partial charge in [-0.3, -0.25) is 14.5 Å². The first kappa shape index (κ1) is 33.0. The number of carbonyl (C=O) groups excluding carboxylic acids is 2. The van der Waals surface area contributed by atoms with Gasteiger partial charge < -0.3 is 14.6 Å². The Hall–Kier alpha value is -4.90. The van der Waals surface area contributed by atoms with E-state index in [0.29, 0.717) is 51.0 Å². The molecule has 0 aliphatic carbocycles. The van der Waals surface area contributed by atoms with E-state index in [1.165, 1.54) is 28.0 Å². The number of thioether (sulfide) groups is 1. The molecular formula is C37H30ClN3O5S2. The molecule has 0 saturated carbocycles. The number of aliphatic hydroxyl groups excluding tert-OH is 1. The fourth-order valence-corrected chi connectivity index (χ4v) is 7.08. The zero-order valence-electron chi connectivity index (χ0n) is 25.8. The van der Waals surface area contributed by atoms with Gasteiger partial charge >= 0.3 is 5.91 Å². The van der Waals surface area contributed by atoms with Gasteiger partial charge in [-0.15, -0.1) is 10.2 Å². The van der Waals surface area contributed by atoms with Crippen molar-refractivity contribution in [2.45, 2.75) is 29.7 Å². The monoisotopic (exact) mass is 695 g/mol. The fourth-order valence-electron chi connectivity index (χ4n) is 5.13. The first-order valence-corrected chi connectivity index (χ1v) is 17.1. The van der Waals surface area contributed by atoms with E-state index in [4.69, 9.17) is 21.1 Å². The number of Topliss-reactive ketones (excluding diaryl/α,β-unsaturated/α-hetero) is 1. The molecule has 8 nitrogen and oxygen atoms in total. The van der Waals surface area contributed by atoms with Crippen molar-refractivity contribution < 1.29 is 24.2 Å². The summed E-state index contributed by atoms with van der Waals surface area (Å²) in [6.07, 6.45) is 1.64. The van der Waals surface area contributed by atoms with Crippen LogP contribution in [0.1, 0.15) is 33.9 Å². The predicted molar refractivity (Wildman–Crippen MR) is 190 cm³/mol. The van der Waals surface area contributed by atoms with Crippen molar-refractivity contribution in [2.24, 2.45) is 0 Å². The number of aliphatic hydroxyl groups is 1. The van der Waals surface area contributed by atoms with Crippen LogP contribution in [0, 0.1) is 6.92 Å². The molecule has 0 bridgehead atoms. The van der Waals surface area contributed by atoms with Gasteiger partial charge in [-0.1, -0.05) is 95.9 Å². The van der Waals surface area contributed by atoms with E-state index in [0.717, 1.165) is 16.7 Å². The Bertz CT molecular complexity index is 1980. The molecule has 0 radical (unpaired) electrons. The number of aromatic nitrogens is 2. The lowest BCUT2D eigenvalue weighted by Gasteiger charge is -2.22. The van der Waals surface area contributed by atoms with Crippen molar-refractivity contribution in [3.63, 3.8) is 0 Å². The van der Waals surface area contributed by atoms with Crippen molar-refractivity contribution in [3.8, 4) is 11.5 Å². The number of hydrogen-bond donors (Lipinski definition) is 1. The number of aryl methyl sites for hydroxylation is 1. The first-order chi connectivity index (χ1) is 23.3. The van der Waals surface area contributed by atoms with Crippen LogP contribution in [0.3, 0.4) is 0 Å². The topological polar surface area (TPSA) is 102 Å². The van der Waals surface area contributed by atoms with Crippen LogP contribution in [0.25, 0.3) is 5.76 Å². The number of hydrogen-bond acceptors (Lipinski definition) is 9. The summed E-state index contributed by atoms with van der Waals surface area (Å²) < 4.78 is 12.2. The number of ketones is 1. The number of benzene rings is 4. The summed E-state index contributed by atoms with van der Waals surface area (Å²) in [6.45, 7) is 6.41. The maximum atomic E-state index is 13.7. The van der Waals surface area contributed by atoms with Crippen molar-refractivity contribution in [3.05, 3.63) is 148 Å². The third-order valence-corrected chi connectivity index (χ3v) is 10.0. The lowest BCUT2D eigenvalue weighted by Crippen LogP contribution is -2.29. The quantitative estimate of drug-likeness (QED) is 0.0346. The highest BCUT2D eigenvalue weighted by Crippen LogP contribution is 2.44. The van der Waals surface area contributed by atoms with Gasteiger partial charge in [0, 0.05) is 16.3 Å². The second-order valence-electron chi connectivity index (χ2n) is 10.8. The van der Waals surface area contributed by atoms with Gasteiger partial charge in [-0.25, -0.2) is 0 Å². The van der Waals surface area contributed by atoms with E-state index < -0.39 is 17.7 Å². The predicted octanol–water partition coefficient (Wildman–Crippen LogP) is 8.56. The second kappa shape index (κ2) is 14.9. The average molecular weight is 696 g/mol. The Morgan fingerprint density at radius 1 is 0.958 bits per heavy atom. The van der Waals surface area contributed by atoms with Crippen LogP contribution < -0.4 is 14.4 Å². The molecule has 2 heterocycles. The Balaban J connectivity index is 1.31. The largest absolute Gasteiger partial charge is 0.507 e.